The van der Waals surface area contributed by atoms with Gasteiger partial charge in [-0.25, -0.2) is 9.97 Å². The molecule has 0 spiro atoms. The zero-order valence-corrected chi connectivity index (χ0v) is 12.4. The molecular weight excluding hydrogens is 296 g/mol. The molecule has 0 saturated heterocycles. The zero-order chi connectivity index (χ0) is 16.2. The number of nitrogens with one attached hydrogen (secondary N) is 1. The summed E-state index contributed by atoms with van der Waals surface area (Å²) in [6.07, 6.45) is 1.63. The van der Waals surface area contributed by atoms with Gasteiger partial charge in [-0.2, -0.15) is 0 Å². The molecule has 116 valence electrons. The van der Waals surface area contributed by atoms with Gasteiger partial charge < -0.3 is 9.73 Å². The average molecular weight is 310 g/mol. The normalized spacial score (nSPS) is 10.5. The molecule has 0 aliphatic rings. The Morgan fingerprint density at radius 3 is 2.65 bits per heavy atom. The van der Waals surface area contributed by atoms with Gasteiger partial charge in [-0.1, -0.05) is 30.3 Å². The summed E-state index contributed by atoms with van der Waals surface area (Å²) >= 11 is 0. The highest BCUT2D eigenvalue weighted by Gasteiger charge is 2.17. The van der Waals surface area contributed by atoms with Gasteiger partial charge in [0.2, 0.25) is 5.89 Å². The van der Waals surface area contributed by atoms with Crippen LogP contribution in [-0.4, -0.2) is 14.9 Å². The van der Waals surface area contributed by atoms with Crippen molar-refractivity contribution >= 4 is 11.5 Å². The maximum atomic E-state index is 11.2. The SMILES string of the molecule is Cc1cnc(CNc2ccc([N+](=O)[O-])c(-c3ccccc3)n2)o1. The van der Waals surface area contributed by atoms with E-state index >= 15 is 0 Å². The van der Waals surface area contributed by atoms with Crippen molar-refractivity contribution in [1.82, 2.24) is 9.97 Å². The summed E-state index contributed by atoms with van der Waals surface area (Å²) in [5, 5.41) is 14.3. The Bertz CT molecular complexity index is 830. The summed E-state index contributed by atoms with van der Waals surface area (Å²) in [6.45, 7) is 2.17. The minimum atomic E-state index is -0.434. The van der Waals surface area contributed by atoms with Crippen LogP contribution in [0.4, 0.5) is 11.5 Å². The monoisotopic (exact) mass is 310 g/mol. The van der Waals surface area contributed by atoms with Gasteiger partial charge >= 0.3 is 0 Å². The molecule has 2 aromatic heterocycles. The largest absolute Gasteiger partial charge is 0.444 e. The number of aryl methyl sites for hydroxylation is 1. The highest BCUT2D eigenvalue weighted by molar-refractivity contribution is 5.71. The van der Waals surface area contributed by atoms with Crippen LogP contribution in [0.2, 0.25) is 0 Å². The van der Waals surface area contributed by atoms with E-state index < -0.39 is 4.92 Å². The van der Waals surface area contributed by atoms with E-state index in [4.69, 9.17) is 4.42 Å². The van der Waals surface area contributed by atoms with Crippen molar-refractivity contribution in [2.45, 2.75) is 13.5 Å². The summed E-state index contributed by atoms with van der Waals surface area (Å²) in [4.78, 5) is 19.2. The molecule has 0 atom stereocenters. The maximum Gasteiger partial charge on any atom is 0.295 e. The first-order chi connectivity index (χ1) is 11.1. The van der Waals surface area contributed by atoms with E-state index in [1.54, 1.807) is 24.4 Å². The van der Waals surface area contributed by atoms with E-state index in [1.807, 2.05) is 25.1 Å². The maximum absolute atomic E-state index is 11.2. The molecule has 0 saturated carbocycles. The van der Waals surface area contributed by atoms with Crippen LogP contribution in [0.5, 0.6) is 0 Å². The molecular formula is C16H14N4O3. The fourth-order valence-electron chi connectivity index (χ4n) is 2.16. The van der Waals surface area contributed by atoms with Crippen molar-refractivity contribution in [1.29, 1.82) is 0 Å². The molecule has 3 rings (SSSR count). The van der Waals surface area contributed by atoms with Crippen LogP contribution >= 0.6 is 0 Å². The number of pyridine rings is 1. The molecule has 7 heteroatoms. The summed E-state index contributed by atoms with van der Waals surface area (Å²) in [5.74, 6) is 1.78. The molecule has 2 heterocycles. The molecule has 1 aromatic carbocycles. The molecule has 0 fully saturated rings. The Balaban J connectivity index is 1.89. The summed E-state index contributed by atoms with van der Waals surface area (Å²) in [6, 6.07) is 12.1. The van der Waals surface area contributed by atoms with E-state index in [1.165, 1.54) is 6.07 Å². The van der Waals surface area contributed by atoms with Crippen LogP contribution in [0, 0.1) is 17.0 Å². The number of benzene rings is 1. The second-order valence-electron chi connectivity index (χ2n) is 4.91. The fraction of sp³-hybridized carbons (Fsp3) is 0.125. The minimum Gasteiger partial charge on any atom is -0.444 e. The van der Waals surface area contributed by atoms with Gasteiger partial charge in [0, 0.05) is 11.6 Å². The van der Waals surface area contributed by atoms with Crippen LogP contribution in [0.1, 0.15) is 11.7 Å². The van der Waals surface area contributed by atoms with Crippen LogP contribution in [0.3, 0.4) is 0 Å². The predicted octanol–water partition coefficient (Wildman–Crippen LogP) is 3.57. The Hall–Kier alpha value is -3.22. The molecule has 0 aliphatic carbocycles. The lowest BCUT2D eigenvalue weighted by Crippen LogP contribution is -2.03. The number of nitrogens with zero attached hydrogens (tertiary/aromatic N) is 3. The first-order valence-electron chi connectivity index (χ1n) is 6.99. The highest BCUT2D eigenvalue weighted by Crippen LogP contribution is 2.29. The van der Waals surface area contributed by atoms with Gasteiger partial charge in [-0.05, 0) is 13.0 Å². The molecule has 7 nitrogen and oxygen atoms in total. The molecule has 0 unspecified atom stereocenters. The van der Waals surface area contributed by atoms with E-state index in [0.717, 1.165) is 5.76 Å². The third kappa shape index (κ3) is 3.34. The summed E-state index contributed by atoms with van der Waals surface area (Å²) in [5.41, 5.74) is 0.979. The Morgan fingerprint density at radius 1 is 1.22 bits per heavy atom. The average Bonchev–Trinajstić information content (AvgIpc) is 2.99. The smallest absolute Gasteiger partial charge is 0.295 e. The first kappa shape index (κ1) is 14.7. The van der Waals surface area contributed by atoms with Gasteiger partial charge in [-0.3, -0.25) is 10.1 Å². The van der Waals surface area contributed by atoms with Crippen molar-refractivity contribution in [2.75, 3.05) is 5.32 Å². The lowest BCUT2D eigenvalue weighted by atomic mass is 10.1. The molecule has 0 amide bonds. The number of rotatable bonds is 5. The quantitative estimate of drug-likeness (QED) is 0.572. The standard InChI is InChI=1S/C16H14N4O3/c1-11-9-18-15(23-11)10-17-14-8-7-13(20(21)22)16(19-14)12-5-3-2-4-6-12/h2-9H,10H2,1H3,(H,17,19). The van der Waals surface area contributed by atoms with Crippen LogP contribution < -0.4 is 5.32 Å². The van der Waals surface area contributed by atoms with Crippen LogP contribution in [0.25, 0.3) is 11.3 Å². The topological polar surface area (TPSA) is 94.1 Å². The molecule has 0 aliphatic heterocycles. The van der Waals surface area contributed by atoms with Gasteiger partial charge in [0.1, 0.15) is 11.6 Å². The van der Waals surface area contributed by atoms with Gasteiger partial charge in [-0.15, -0.1) is 0 Å². The number of hydrogen-bond donors (Lipinski definition) is 1. The molecule has 0 radical (unpaired) electrons. The second kappa shape index (κ2) is 6.27. The fourth-order valence-corrected chi connectivity index (χ4v) is 2.16. The third-order valence-electron chi connectivity index (χ3n) is 3.21. The number of hydrogen-bond acceptors (Lipinski definition) is 6. The highest BCUT2D eigenvalue weighted by atomic mass is 16.6. The van der Waals surface area contributed by atoms with E-state index in [0.29, 0.717) is 29.5 Å². The number of anilines is 1. The minimum absolute atomic E-state index is 0.0336. The van der Waals surface area contributed by atoms with Crippen molar-refractivity contribution in [3.8, 4) is 11.3 Å². The number of aromatic nitrogens is 2. The van der Waals surface area contributed by atoms with E-state index in [2.05, 4.69) is 15.3 Å². The van der Waals surface area contributed by atoms with E-state index in [-0.39, 0.29) is 5.69 Å². The van der Waals surface area contributed by atoms with Crippen molar-refractivity contribution in [3.05, 3.63) is 70.4 Å². The first-order valence-corrected chi connectivity index (χ1v) is 6.99. The van der Waals surface area contributed by atoms with Crippen molar-refractivity contribution in [2.24, 2.45) is 0 Å². The Morgan fingerprint density at radius 2 is 2.00 bits per heavy atom. The zero-order valence-electron chi connectivity index (χ0n) is 12.4. The summed E-state index contributed by atoms with van der Waals surface area (Å²) in [7, 11) is 0. The third-order valence-corrected chi connectivity index (χ3v) is 3.21. The van der Waals surface area contributed by atoms with Gasteiger partial charge in [0.05, 0.1) is 17.7 Å². The molecule has 0 bridgehead atoms. The van der Waals surface area contributed by atoms with E-state index in [9.17, 15) is 10.1 Å². The van der Waals surface area contributed by atoms with Crippen molar-refractivity contribution in [3.63, 3.8) is 0 Å². The molecule has 3 aromatic rings. The predicted molar refractivity (Wildman–Crippen MR) is 84.9 cm³/mol. The van der Waals surface area contributed by atoms with Gasteiger partial charge in [0.15, 0.2) is 5.69 Å². The Labute approximate surface area is 132 Å². The van der Waals surface area contributed by atoms with Crippen LogP contribution in [-0.2, 0) is 6.54 Å². The lowest BCUT2D eigenvalue weighted by Gasteiger charge is -2.07. The number of oxazole rings is 1. The van der Waals surface area contributed by atoms with Gasteiger partial charge in [0.25, 0.3) is 5.69 Å². The van der Waals surface area contributed by atoms with Crippen molar-refractivity contribution < 1.29 is 9.34 Å². The molecule has 23 heavy (non-hydrogen) atoms. The lowest BCUT2D eigenvalue weighted by molar-refractivity contribution is -0.384. The molecule has 1 N–H and O–H groups in total. The Kier molecular flexibility index (Phi) is 4.01. The number of nitro groups is 1. The summed E-state index contributed by atoms with van der Waals surface area (Å²) < 4.78 is 5.37. The second-order valence-corrected chi connectivity index (χ2v) is 4.91. The van der Waals surface area contributed by atoms with Crippen LogP contribution in [0.15, 0.2) is 53.1 Å².